The number of halogens is 1. The molecule has 3 atom stereocenters. The Morgan fingerprint density at radius 2 is 2.33 bits per heavy atom. The molecule has 1 aromatic carbocycles. The van der Waals surface area contributed by atoms with Gasteiger partial charge in [-0.3, -0.25) is 0 Å². The van der Waals surface area contributed by atoms with E-state index < -0.39 is 5.60 Å². The average molecular weight is 292 g/mol. The van der Waals surface area contributed by atoms with Gasteiger partial charge in [-0.2, -0.15) is 0 Å². The average Bonchev–Trinajstić information content (AvgIpc) is 2.95. The molecule has 2 amide bonds. The number of nitrogens with one attached hydrogen (secondary N) is 1. The van der Waals surface area contributed by atoms with Gasteiger partial charge in [0.05, 0.1) is 12.1 Å². The van der Waals surface area contributed by atoms with Crippen LogP contribution in [0.2, 0.25) is 0 Å². The van der Waals surface area contributed by atoms with E-state index in [0.29, 0.717) is 31.8 Å². The lowest BCUT2D eigenvalue weighted by atomic mass is 9.94. The summed E-state index contributed by atoms with van der Waals surface area (Å²) in [5, 5.41) is 13.6. The maximum absolute atomic E-state index is 13.2. The summed E-state index contributed by atoms with van der Waals surface area (Å²) >= 11 is 0. The SMILES string of the molecule is CC1CC1NC(=O)N1CCC(O)(Cc2cccc(F)c2)C1. The van der Waals surface area contributed by atoms with Gasteiger partial charge in [-0.25, -0.2) is 9.18 Å². The Hall–Kier alpha value is -1.62. The summed E-state index contributed by atoms with van der Waals surface area (Å²) in [5.74, 6) is 0.258. The fraction of sp³-hybridized carbons (Fsp3) is 0.562. The zero-order valence-electron chi connectivity index (χ0n) is 12.2. The number of carbonyl (C=O) groups is 1. The lowest BCUT2D eigenvalue weighted by molar-refractivity contribution is 0.0526. The van der Waals surface area contributed by atoms with Crippen LogP contribution in [0.25, 0.3) is 0 Å². The third-order valence-electron chi connectivity index (χ3n) is 4.46. The highest BCUT2D eigenvalue weighted by Crippen LogP contribution is 2.30. The van der Waals surface area contributed by atoms with Gasteiger partial charge in [0.1, 0.15) is 5.82 Å². The van der Waals surface area contributed by atoms with Crippen LogP contribution >= 0.6 is 0 Å². The second-order valence-corrected chi connectivity index (χ2v) is 6.47. The van der Waals surface area contributed by atoms with E-state index in [4.69, 9.17) is 0 Å². The summed E-state index contributed by atoms with van der Waals surface area (Å²) in [7, 11) is 0. The minimum absolute atomic E-state index is 0.0977. The van der Waals surface area contributed by atoms with E-state index in [1.165, 1.54) is 12.1 Å². The van der Waals surface area contributed by atoms with Gasteiger partial charge in [0.15, 0.2) is 0 Å². The van der Waals surface area contributed by atoms with Crippen molar-refractivity contribution in [1.82, 2.24) is 10.2 Å². The number of β-amino-alcohol motifs (C(OH)–C–C–N with tert-alkyl or cyclic N) is 1. The van der Waals surface area contributed by atoms with Crippen LogP contribution < -0.4 is 5.32 Å². The van der Waals surface area contributed by atoms with Crippen molar-refractivity contribution in [2.24, 2.45) is 5.92 Å². The maximum atomic E-state index is 13.2. The molecule has 1 saturated heterocycles. The molecule has 2 aliphatic rings. The fourth-order valence-electron chi connectivity index (χ4n) is 2.97. The molecule has 3 rings (SSSR count). The van der Waals surface area contributed by atoms with Crippen LogP contribution in [0.1, 0.15) is 25.3 Å². The molecule has 1 aliphatic carbocycles. The Bertz CT molecular complexity index is 551. The van der Waals surface area contributed by atoms with Crippen molar-refractivity contribution >= 4 is 6.03 Å². The standard InChI is InChI=1S/C16H21FN2O2/c1-11-7-14(11)18-15(20)19-6-5-16(21,10-19)9-12-3-2-4-13(17)8-12/h2-4,8,11,14,21H,5-7,9-10H2,1H3,(H,18,20). The highest BCUT2D eigenvalue weighted by Gasteiger charge is 2.41. The van der Waals surface area contributed by atoms with Crippen LogP contribution in [0.3, 0.4) is 0 Å². The van der Waals surface area contributed by atoms with Crippen LogP contribution in [-0.4, -0.2) is 40.8 Å². The highest BCUT2D eigenvalue weighted by molar-refractivity contribution is 5.75. The summed E-state index contributed by atoms with van der Waals surface area (Å²) in [4.78, 5) is 13.7. The quantitative estimate of drug-likeness (QED) is 0.894. The van der Waals surface area contributed by atoms with Crippen LogP contribution in [-0.2, 0) is 6.42 Å². The minimum Gasteiger partial charge on any atom is -0.388 e. The van der Waals surface area contributed by atoms with E-state index in [-0.39, 0.29) is 17.9 Å². The number of likely N-dealkylation sites (tertiary alicyclic amines) is 1. The van der Waals surface area contributed by atoms with E-state index >= 15 is 0 Å². The normalized spacial score (nSPS) is 31.3. The number of carbonyl (C=O) groups excluding carboxylic acids is 1. The molecule has 2 N–H and O–H groups in total. The topological polar surface area (TPSA) is 52.6 Å². The summed E-state index contributed by atoms with van der Waals surface area (Å²) in [6.07, 6.45) is 1.93. The molecule has 1 heterocycles. The Morgan fingerprint density at radius 3 is 3.00 bits per heavy atom. The smallest absolute Gasteiger partial charge is 0.317 e. The summed E-state index contributed by atoms with van der Waals surface area (Å²) in [6.45, 7) is 2.95. The third kappa shape index (κ3) is 3.35. The Labute approximate surface area is 124 Å². The van der Waals surface area contributed by atoms with Gasteiger partial charge in [-0.05, 0) is 36.5 Å². The molecule has 1 aromatic rings. The summed E-state index contributed by atoms with van der Waals surface area (Å²) in [6, 6.07) is 6.46. The van der Waals surface area contributed by atoms with E-state index in [2.05, 4.69) is 12.2 Å². The number of urea groups is 1. The maximum Gasteiger partial charge on any atom is 0.317 e. The molecule has 114 valence electrons. The zero-order valence-corrected chi connectivity index (χ0v) is 12.2. The Balaban J connectivity index is 1.58. The molecule has 0 bridgehead atoms. The van der Waals surface area contributed by atoms with Gasteiger partial charge in [0, 0.05) is 19.0 Å². The van der Waals surface area contributed by atoms with E-state index in [1.54, 1.807) is 17.0 Å². The Kier molecular flexibility index (Phi) is 3.61. The summed E-state index contributed by atoms with van der Waals surface area (Å²) < 4.78 is 13.2. The van der Waals surface area contributed by atoms with Gasteiger partial charge in [-0.15, -0.1) is 0 Å². The largest absolute Gasteiger partial charge is 0.388 e. The molecular weight excluding hydrogens is 271 g/mol. The lowest BCUT2D eigenvalue weighted by Gasteiger charge is -2.23. The van der Waals surface area contributed by atoms with Gasteiger partial charge in [0.25, 0.3) is 0 Å². The van der Waals surface area contributed by atoms with Crippen LogP contribution in [0, 0.1) is 11.7 Å². The number of aliphatic hydroxyl groups is 1. The molecule has 4 nitrogen and oxygen atoms in total. The van der Waals surface area contributed by atoms with Gasteiger partial charge in [0.2, 0.25) is 0 Å². The van der Waals surface area contributed by atoms with Crippen LogP contribution in [0.5, 0.6) is 0 Å². The first-order valence-corrected chi connectivity index (χ1v) is 7.47. The van der Waals surface area contributed by atoms with Crippen molar-refractivity contribution < 1.29 is 14.3 Å². The summed E-state index contributed by atoms with van der Waals surface area (Å²) in [5.41, 5.74) is -0.198. The van der Waals surface area contributed by atoms with Crippen molar-refractivity contribution in [2.75, 3.05) is 13.1 Å². The minimum atomic E-state index is -0.958. The Morgan fingerprint density at radius 1 is 1.57 bits per heavy atom. The van der Waals surface area contributed by atoms with E-state index in [0.717, 1.165) is 12.0 Å². The van der Waals surface area contributed by atoms with Crippen molar-refractivity contribution in [3.63, 3.8) is 0 Å². The van der Waals surface area contributed by atoms with E-state index in [1.807, 2.05) is 0 Å². The lowest BCUT2D eigenvalue weighted by Crippen LogP contribution is -2.43. The molecule has 0 radical (unpaired) electrons. The molecule has 5 heteroatoms. The predicted octanol–water partition coefficient (Wildman–Crippen LogP) is 1.92. The van der Waals surface area contributed by atoms with Gasteiger partial charge in [-0.1, -0.05) is 19.1 Å². The van der Waals surface area contributed by atoms with Crippen molar-refractivity contribution in [1.29, 1.82) is 0 Å². The number of amides is 2. The van der Waals surface area contributed by atoms with Gasteiger partial charge >= 0.3 is 6.03 Å². The first kappa shape index (κ1) is 14.3. The second kappa shape index (κ2) is 5.30. The second-order valence-electron chi connectivity index (χ2n) is 6.47. The van der Waals surface area contributed by atoms with Gasteiger partial charge < -0.3 is 15.3 Å². The van der Waals surface area contributed by atoms with E-state index in [9.17, 15) is 14.3 Å². The number of nitrogens with zero attached hydrogens (tertiary/aromatic N) is 1. The number of hydrogen-bond donors (Lipinski definition) is 2. The molecular formula is C16H21FN2O2. The molecule has 0 aromatic heterocycles. The number of rotatable bonds is 3. The molecule has 21 heavy (non-hydrogen) atoms. The molecule has 2 fully saturated rings. The monoisotopic (exact) mass is 292 g/mol. The molecule has 1 aliphatic heterocycles. The molecule has 0 spiro atoms. The van der Waals surface area contributed by atoms with Crippen molar-refractivity contribution in [3.8, 4) is 0 Å². The number of benzene rings is 1. The van der Waals surface area contributed by atoms with Crippen molar-refractivity contribution in [3.05, 3.63) is 35.6 Å². The highest BCUT2D eigenvalue weighted by atomic mass is 19.1. The molecule has 1 saturated carbocycles. The van der Waals surface area contributed by atoms with Crippen LogP contribution in [0.4, 0.5) is 9.18 Å². The van der Waals surface area contributed by atoms with Crippen molar-refractivity contribution in [2.45, 2.75) is 37.8 Å². The zero-order chi connectivity index (χ0) is 15.0. The fourth-order valence-corrected chi connectivity index (χ4v) is 2.97. The number of hydrogen-bond acceptors (Lipinski definition) is 2. The first-order valence-electron chi connectivity index (χ1n) is 7.47. The molecule has 3 unspecified atom stereocenters. The predicted molar refractivity (Wildman–Crippen MR) is 77.3 cm³/mol. The third-order valence-corrected chi connectivity index (χ3v) is 4.46. The first-order chi connectivity index (χ1) is 9.95. The van der Waals surface area contributed by atoms with Crippen LogP contribution in [0.15, 0.2) is 24.3 Å².